The van der Waals surface area contributed by atoms with Crippen LogP contribution in [0.4, 0.5) is 0 Å². The molecule has 0 radical (unpaired) electrons. The standard InChI is InChI=1S/C10H16N2O3/c1-10(2,7-14-3)12-6-8(5-11-12)9(13)15-4/h5-6H,7H2,1-4H3. The minimum Gasteiger partial charge on any atom is -0.465 e. The van der Waals surface area contributed by atoms with E-state index >= 15 is 0 Å². The summed E-state index contributed by atoms with van der Waals surface area (Å²) < 4.78 is 11.4. The maximum Gasteiger partial charge on any atom is 0.341 e. The summed E-state index contributed by atoms with van der Waals surface area (Å²) in [5, 5.41) is 4.11. The second kappa shape index (κ2) is 4.44. The number of methoxy groups -OCH3 is 2. The van der Waals surface area contributed by atoms with Gasteiger partial charge in [0.2, 0.25) is 0 Å². The average molecular weight is 212 g/mol. The van der Waals surface area contributed by atoms with Gasteiger partial charge < -0.3 is 9.47 Å². The van der Waals surface area contributed by atoms with Gasteiger partial charge in [-0.1, -0.05) is 0 Å². The molecule has 0 unspecified atom stereocenters. The second-order valence-electron chi connectivity index (χ2n) is 3.91. The van der Waals surface area contributed by atoms with Gasteiger partial charge in [-0.15, -0.1) is 0 Å². The molecule has 15 heavy (non-hydrogen) atoms. The third-order valence-corrected chi connectivity index (χ3v) is 2.12. The number of carbonyl (C=O) groups is 1. The Kier molecular flexibility index (Phi) is 3.47. The van der Waals surface area contributed by atoms with Crippen molar-refractivity contribution in [3.05, 3.63) is 18.0 Å². The molecular formula is C10H16N2O3. The molecule has 5 nitrogen and oxygen atoms in total. The number of esters is 1. The topological polar surface area (TPSA) is 53.4 Å². The molecule has 0 aliphatic heterocycles. The second-order valence-corrected chi connectivity index (χ2v) is 3.91. The maximum atomic E-state index is 11.2. The largest absolute Gasteiger partial charge is 0.465 e. The average Bonchev–Trinajstić information content (AvgIpc) is 2.66. The molecule has 84 valence electrons. The lowest BCUT2D eigenvalue weighted by Gasteiger charge is -2.23. The summed E-state index contributed by atoms with van der Waals surface area (Å²) in [5.74, 6) is -0.380. The van der Waals surface area contributed by atoms with E-state index in [4.69, 9.17) is 4.74 Å². The lowest BCUT2D eigenvalue weighted by atomic mass is 10.1. The van der Waals surface area contributed by atoms with Crippen LogP contribution in [0, 0.1) is 0 Å². The summed E-state index contributed by atoms with van der Waals surface area (Å²) in [4.78, 5) is 11.2. The van der Waals surface area contributed by atoms with Gasteiger partial charge in [-0.25, -0.2) is 4.79 Å². The van der Waals surface area contributed by atoms with E-state index in [1.165, 1.54) is 13.3 Å². The molecule has 0 saturated heterocycles. The van der Waals surface area contributed by atoms with Crippen LogP contribution in [-0.2, 0) is 15.0 Å². The molecular weight excluding hydrogens is 196 g/mol. The molecule has 0 saturated carbocycles. The molecule has 0 aromatic carbocycles. The lowest BCUT2D eigenvalue weighted by molar-refractivity contribution is 0.0599. The first-order valence-corrected chi connectivity index (χ1v) is 4.63. The molecule has 1 aromatic heterocycles. The van der Waals surface area contributed by atoms with Crippen LogP contribution in [0.25, 0.3) is 0 Å². The molecule has 0 N–H and O–H groups in total. The van der Waals surface area contributed by atoms with E-state index in [0.29, 0.717) is 12.2 Å². The third kappa shape index (κ3) is 2.56. The molecule has 0 bridgehead atoms. The predicted molar refractivity (Wildman–Crippen MR) is 54.8 cm³/mol. The zero-order chi connectivity index (χ0) is 11.5. The number of ether oxygens (including phenoxy) is 2. The zero-order valence-electron chi connectivity index (χ0n) is 9.48. The number of hydrogen-bond acceptors (Lipinski definition) is 4. The molecule has 5 heteroatoms. The van der Waals surface area contributed by atoms with Gasteiger partial charge in [0.15, 0.2) is 0 Å². The van der Waals surface area contributed by atoms with Crippen LogP contribution in [0.15, 0.2) is 12.4 Å². The number of carbonyl (C=O) groups excluding carboxylic acids is 1. The number of aromatic nitrogens is 2. The fourth-order valence-corrected chi connectivity index (χ4v) is 1.30. The Balaban J connectivity index is 2.88. The SMILES string of the molecule is COCC(C)(C)n1cc(C(=O)OC)cn1. The molecule has 0 aliphatic carbocycles. The van der Waals surface area contributed by atoms with Gasteiger partial charge in [0, 0.05) is 13.3 Å². The molecule has 0 aliphatic rings. The van der Waals surface area contributed by atoms with Crippen LogP contribution in [0.3, 0.4) is 0 Å². The summed E-state index contributed by atoms with van der Waals surface area (Å²) in [6, 6.07) is 0. The Morgan fingerprint density at radius 3 is 2.73 bits per heavy atom. The first-order chi connectivity index (χ1) is 7.01. The molecule has 1 aromatic rings. The van der Waals surface area contributed by atoms with Crippen LogP contribution in [-0.4, -0.2) is 36.6 Å². The fourth-order valence-electron chi connectivity index (χ4n) is 1.30. The van der Waals surface area contributed by atoms with Crippen molar-refractivity contribution >= 4 is 5.97 Å². The summed E-state index contributed by atoms with van der Waals surface area (Å²) >= 11 is 0. The van der Waals surface area contributed by atoms with E-state index in [1.807, 2.05) is 13.8 Å². The van der Waals surface area contributed by atoms with Crippen molar-refractivity contribution in [2.45, 2.75) is 19.4 Å². The van der Waals surface area contributed by atoms with Crippen LogP contribution in [0.5, 0.6) is 0 Å². The van der Waals surface area contributed by atoms with Gasteiger partial charge in [-0.05, 0) is 13.8 Å². The Bertz CT molecular complexity index is 344. The van der Waals surface area contributed by atoms with Gasteiger partial charge in [0.1, 0.15) is 0 Å². The molecule has 1 heterocycles. The highest BCUT2D eigenvalue weighted by Crippen LogP contribution is 2.15. The van der Waals surface area contributed by atoms with Crippen molar-refractivity contribution < 1.29 is 14.3 Å². The summed E-state index contributed by atoms with van der Waals surface area (Å²) in [6.07, 6.45) is 3.15. The molecule has 0 spiro atoms. The van der Waals surface area contributed by atoms with Gasteiger partial charge >= 0.3 is 5.97 Å². The smallest absolute Gasteiger partial charge is 0.341 e. The monoisotopic (exact) mass is 212 g/mol. The van der Waals surface area contributed by atoms with E-state index in [-0.39, 0.29) is 11.5 Å². The minimum absolute atomic E-state index is 0.277. The Morgan fingerprint density at radius 1 is 1.53 bits per heavy atom. The van der Waals surface area contributed by atoms with Gasteiger partial charge in [0.25, 0.3) is 0 Å². The molecule has 0 atom stereocenters. The first-order valence-electron chi connectivity index (χ1n) is 4.63. The number of nitrogens with zero attached hydrogens (tertiary/aromatic N) is 2. The van der Waals surface area contributed by atoms with E-state index in [0.717, 1.165) is 0 Å². The zero-order valence-corrected chi connectivity index (χ0v) is 9.48. The van der Waals surface area contributed by atoms with E-state index in [2.05, 4.69) is 9.84 Å². The fraction of sp³-hybridized carbons (Fsp3) is 0.600. The third-order valence-electron chi connectivity index (χ3n) is 2.12. The van der Waals surface area contributed by atoms with Crippen molar-refractivity contribution in [1.82, 2.24) is 9.78 Å². The minimum atomic E-state index is -0.380. The van der Waals surface area contributed by atoms with Crippen LogP contribution >= 0.6 is 0 Å². The van der Waals surface area contributed by atoms with Crippen LogP contribution < -0.4 is 0 Å². The Hall–Kier alpha value is -1.36. The van der Waals surface area contributed by atoms with Crippen molar-refractivity contribution in [2.75, 3.05) is 20.8 Å². The first kappa shape index (κ1) is 11.7. The van der Waals surface area contributed by atoms with E-state index in [1.54, 1.807) is 18.0 Å². The molecule has 0 fully saturated rings. The van der Waals surface area contributed by atoms with Gasteiger partial charge in [0.05, 0.1) is 31.0 Å². The predicted octanol–water partition coefficient (Wildman–Crippen LogP) is 1.05. The van der Waals surface area contributed by atoms with Crippen molar-refractivity contribution in [3.8, 4) is 0 Å². The van der Waals surface area contributed by atoms with Crippen molar-refractivity contribution in [1.29, 1.82) is 0 Å². The highest BCUT2D eigenvalue weighted by Gasteiger charge is 2.22. The van der Waals surface area contributed by atoms with Gasteiger partial charge in [-0.2, -0.15) is 5.10 Å². The normalized spacial score (nSPS) is 11.5. The van der Waals surface area contributed by atoms with Crippen LogP contribution in [0.1, 0.15) is 24.2 Å². The van der Waals surface area contributed by atoms with Crippen molar-refractivity contribution in [2.24, 2.45) is 0 Å². The van der Waals surface area contributed by atoms with E-state index < -0.39 is 0 Å². The maximum absolute atomic E-state index is 11.2. The highest BCUT2D eigenvalue weighted by atomic mass is 16.5. The van der Waals surface area contributed by atoms with E-state index in [9.17, 15) is 4.79 Å². The Labute approximate surface area is 89.0 Å². The van der Waals surface area contributed by atoms with Crippen molar-refractivity contribution in [3.63, 3.8) is 0 Å². The number of rotatable bonds is 4. The number of hydrogen-bond donors (Lipinski definition) is 0. The van der Waals surface area contributed by atoms with Gasteiger partial charge in [-0.3, -0.25) is 4.68 Å². The summed E-state index contributed by atoms with van der Waals surface area (Å²) in [6.45, 7) is 4.48. The van der Waals surface area contributed by atoms with Crippen LogP contribution in [0.2, 0.25) is 0 Å². The summed E-state index contributed by atoms with van der Waals surface area (Å²) in [5.41, 5.74) is 0.169. The Morgan fingerprint density at radius 2 is 2.20 bits per heavy atom. The quantitative estimate of drug-likeness (QED) is 0.700. The summed E-state index contributed by atoms with van der Waals surface area (Å²) in [7, 11) is 2.98. The highest BCUT2D eigenvalue weighted by molar-refractivity contribution is 5.88. The molecule has 1 rings (SSSR count). The lowest BCUT2D eigenvalue weighted by Crippen LogP contribution is -2.31. The molecule has 0 amide bonds.